The second-order valence-electron chi connectivity index (χ2n) is 1.43. The Morgan fingerprint density at radius 2 is 2.33 bits per heavy atom. The Morgan fingerprint density at radius 3 is 2.33 bits per heavy atom. The molecule has 0 rings (SSSR count). The fourth-order valence-corrected chi connectivity index (χ4v) is 0.241. The van der Waals surface area contributed by atoms with Crippen LogP contribution in [-0.2, 0) is 0 Å². The molecule has 1 atom stereocenters. The molecule has 0 spiro atoms. The molecule has 0 saturated heterocycles. The van der Waals surface area contributed by atoms with E-state index in [0.29, 0.717) is 12.7 Å². The third-order valence-corrected chi connectivity index (χ3v) is 0.584. The van der Waals surface area contributed by atoms with Gasteiger partial charge >= 0.3 is 0 Å². The molecular weight excluding hydrogens is 74.9 g/mol. The smallest absolute Gasteiger partial charge is 0.0654 e. The molecule has 2 heteroatoms. The van der Waals surface area contributed by atoms with Crippen molar-refractivity contribution in [3.63, 3.8) is 0 Å². The summed E-state index contributed by atoms with van der Waals surface area (Å²) in [6.45, 7) is 1.73. The van der Waals surface area contributed by atoms with E-state index in [1.165, 1.54) is 0 Å². The van der Waals surface area contributed by atoms with Gasteiger partial charge in [-0.15, -0.1) is 0 Å². The summed E-state index contributed by atoms with van der Waals surface area (Å²) in [5.74, 6) is 0. The highest BCUT2D eigenvalue weighted by Crippen LogP contribution is 1.89. The van der Waals surface area contributed by atoms with E-state index in [1.54, 1.807) is 6.92 Å². The lowest BCUT2D eigenvalue weighted by molar-refractivity contribution is 0.191. The fourth-order valence-electron chi connectivity index (χ4n) is 0.241. The van der Waals surface area contributed by atoms with Crippen molar-refractivity contribution in [2.45, 2.75) is 25.8 Å². The highest BCUT2D eigenvalue weighted by atomic mass is 16.3. The standard InChI is InChI=1S/C4H9BO/c1-4(6)2-3-5/h4,6H,2-3H2,1H3. The Labute approximate surface area is 39.8 Å². The normalized spacial score (nSPS) is 14.3. The van der Waals surface area contributed by atoms with Crippen LogP contribution in [0.3, 0.4) is 0 Å². The van der Waals surface area contributed by atoms with Crippen molar-refractivity contribution in [1.82, 2.24) is 0 Å². The molecule has 0 aromatic rings. The zero-order valence-corrected chi connectivity index (χ0v) is 4.02. The molecule has 6 heavy (non-hydrogen) atoms. The number of hydrogen-bond acceptors (Lipinski definition) is 1. The minimum Gasteiger partial charge on any atom is -0.393 e. The Morgan fingerprint density at radius 1 is 1.83 bits per heavy atom. The van der Waals surface area contributed by atoms with E-state index < -0.39 is 0 Å². The molecule has 0 aliphatic heterocycles. The molecule has 0 fully saturated rings. The summed E-state index contributed by atoms with van der Waals surface area (Å²) in [7, 11) is 5.07. The summed E-state index contributed by atoms with van der Waals surface area (Å²) in [4.78, 5) is 0. The Balaban J connectivity index is 2.63. The molecule has 1 unspecified atom stereocenters. The summed E-state index contributed by atoms with van der Waals surface area (Å²) >= 11 is 0. The zero-order chi connectivity index (χ0) is 4.99. The van der Waals surface area contributed by atoms with E-state index >= 15 is 0 Å². The average Bonchev–Trinajstić information content (AvgIpc) is 1.35. The third-order valence-electron chi connectivity index (χ3n) is 0.584. The second-order valence-corrected chi connectivity index (χ2v) is 1.43. The second kappa shape index (κ2) is 3.22. The summed E-state index contributed by atoms with van der Waals surface area (Å²) < 4.78 is 0. The van der Waals surface area contributed by atoms with Crippen LogP contribution in [0, 0.1) is 0 Å². The maximum absolute atomic E-state index is 8.47. The van der Waals surface area contributed by atoms with Gasteiger partial charge in [0.05, 0.1) is 14.0 Å². The number of aliphatic hydroxyl groups excluding tert-OH is 1. The van der Waals surface area contributed by atoms with Crippen LogP contribution in [0.2, 0.25) is 6.32 Å². The molecule has 0 aromatic heterocycles. The highest BCUT2D eigenvalue weighted by molar-refractivity contribution is 6.08. The lowest BCUT2D eigenvalue weighted by atomic mass is 10.00. The minimum absolute atomic E-state index is 0.227. The van der Waals surface area contributed by atoms with Gasteiger partial charge in [0.25, 0.3) is 0 Å². The Kier molecular flexibility index (Phi) is 3.24. The van der Waals surface area contributed by atoms with Crippen molar-refractivity contribution in [2.24, 2.45) is 0 Å². The highest BCUT2D eigenvalue weighted by Gasteiger charge is 1.87. The lowest BCUT2D eigenvalue weighted by Gasteiger charge is -1.95. The molecule has 0 aliphatic carbocycles. The van der Waals surface area contributed by atoms with Gasteiger partial charge < -0.3 is 5.11 Å². The number of aliphatic hydroxyl groups is 1. The van der Waals surface area contributed by atoms with Crippen LogP contribution in [0.25, 0.3) is 0 Å². The largest absolute Gasteiger partial charge is 0.393 e. The van der Waals surface area contributed by atoms with Gasteiger partial charge in [-0.1, -0.05) is 6.32 Å². The van der Waals surface area contributed by atoms with Crippen LogP contribution in [0.15, 0.2) is 0 Å². The number of rotatable bonds is 2. The van der Waals surface area contributed by atoms with E-state index in [0.717, 1.165) is 0 Å². The van der Waals surface area contributed by atoms with E-state index in [9.17, 15) is 0 Å². The first-order chi connectivity index (χ1) is 2.77. The van der Waals surface area contributed by atoms with Crippen LogP contribution in [-0.4, -0.2) is 19.1 Å². The molecular formula is C4H9BO. The average molecular weight is 83.9 g/mol. The molecule has 0 bridgehead atoms. The van der Waals surface area contributed by atoms with Crippen LogP contribution >= 0.6 is 0 Å². The molecule has 0 amide bonds. The van der Waals surface area contributed by atoms with Crippen molar-refractivity contribution in [2.75, 3.05) is 0 Å². The van der Waals surface area contributed by atoms with Gasteiger partial charge in [0.2, 0.25) is 0 Å². The molecule has 0 saturated carbocycles. The SMILES string of the molecule is [B]CCC(C)O. The summed E-state index contributed by atoms with van der Waals surface area (Å²) in [6.07, 6.45) is 1.06. The van der Waals surface area contributed by atoms with Gasteiger partial charge in [-0.3, -0.25) is 0 Å². The fraction of sp³-hybridized carbons (Fsp3) is 1.00. The van der Waals surface area contributed by atoms with E-state index in [4.69, 9.17) is 13.0 Å². The molecule has 0 aliphatic rings. The van der Waals surface area contributed by atoms with Gasteiger partial charge in [-0.25, -0.2) is 0 Å². The van der Waals surface area contributed by atoms with Crippen molar-refractivity contribution < 1.29 is 5.11 Å². The zero-order valence-electron chi connectivity index (χ0n) is 4.02. The molecule has 1 nitrogen and oxygen atoms in total. The van der Waals surface area contributed by atoms with Crippen molar-refractivity contribution in [3.8, 4) is 0 Å². The van der Waals surface area contributed by atoms with Gasteiger partial charge in [-0.05, 0) is 13.3 Å². The molecule has 0 heterocycles. The summed E-state index contributed by atoms with van der Waals surface area (Å²) in [5.41, 5.74) is 0. The van der Waals surface area contributed by atoms with E-state index in [-0.39, 0.29) is 6.10 Å². The predicted molar refractivity (Wildman–Crippen MR) is 26.9 cm³/mol. The van der Waals surface area contributed by atoms with Gasteiger partial charge in [0, 0.05) is 0 Å². The quantitative estimate of drug-likeness (QED) is 0.478. The number of hydrogen-bond donors (Lipinski definition) is 1. The summed E-state index contributed by atoms with van der Waals surface area (Å²) in [5, 5.41) is 8.47. The predicted octanol–water partition coefficient (Wildman–Crippen LogP) is 0.344. The Hall–Kier alpha value is 0.0249. The monoisotopic (exact) mass is 84.1 g/mol. The lowest BCUT2D eigenvalue weighted by Crippen LogP contribution is -1.96. The van der Waals surface area contributed by atoms with Crippen molar-refractivity contribution in [3.05, 3.63) is 0 Å². The van der Waals surface area contributed by atoms with Crippen LogP contribution in [0.1, 0.15) is 13.3 Å². The first-order valence-corrected chi connectivity index (χ1v) is 2.15. The maximum atomic E-state index is 8.47. The van der Waals surface area contributed by atoms with Gasteiger partial charge in [-0.2, -0.15) is 0 Å². The van der Waals surface area contributed by atoms with Crippen LogP contribution < -0.4 is 0 Å². The van der Waals surface area contributed by atoms with E-state index in [1.807, 2.05) is 0 Å². The summed E-state index contributed by atoms with van der Waals surface area (Å²) in [6, 6.07) is 0. The van der Waals surface area contributed by atoms with Gasteiger partial charge in [0.15, 0.2) is 0 Å². The first-order valence-electron chi connectivity index (χ1n) is 2.15. The first kappa shape index (κ1) is 6.02. The molecule has 1 N–H and O–H groups in total. The topological polar surface area (TPSA) is 20.2 Å². The molecule has 34 valence electrons. The van der Waals surface area contributed by atoms with Gasteiger partial charge in [0.1, 0.15) is 0 Å². The molecule has 0 aromatic carbocycles. The van der Waals surface area contributed by atoms with Crippen LogP contribution in [0.4, 0.5) is 0 Å². The Bertz CT molecular complexity index is 28.7. The molecule has 2 radical (unpaired) electrons. The third kappa shape index (κ3) is 4.02. The van der Waals surface area contributed by atoms with Crippen molar-refractivity contribution >= 4 is 7.85 Å². The minimum atomic E-state index is -0.227. The van der Waals surface area contributed by atoms with Crippen LogP contribution in [0.5, 0.6) is 0 Å². The maximum Gasteiger partial charge on any atom is 0.0654 e. The van der Waals surface area contributed by atoms with E-state index in [2.05, 4.69) is 0 Å². The van der Waals surface area contributed by atoms with Crippen molar-refractivity contribution in [1.29, 1.82) is 0 Å².